The van der Waals surface area contributed by atoms with Gasteiger partial charge in [0, 0.05) is 17.9 Å². The number of hydrogen-bond donors (Lipinski definition) is 0. The lowest BCUT2D eigenvalue weighted by Crippen LogP contribution is -2.33. The Bertz CT molecular complexity index is 558. The van der Waals surface area contributed by atoms with Crippen LogP contribution in [0.15, 0.2) is 30.5 Å². The van der Waals surface area contributed by atoms with Crippen molar-refractivity contribution in [2.45, 2.75) is 19.1 Å². The van der Waals surface area contributed by atoms with Gasteiger partial charge in [-0.25, -0.2) is 4.68 Å². The van der Waals surface area contributed by atoms with Crippen LogP contribution in [-0.2, 0) is 13.0 Å². The number of nitrogens with zero attached hydrogens (tertiary/aromatic N) is 3. The Morgan fingerprint density at radius 2 is 2.16 bits per heavy atom. The van der Waals surface area contributed by atoms with E-state index >= 15 is 0 Å². The number of hydrogen-bond acceptors (Lipinski definition) is 4. The topological polar surface area (TPSA) is 49.2 Å². The van der Waals surface area contributed by atoms with Gasteiger partial charge in [0.05, 0.1) is 12.2 Å². The van der Waals surface area contributed by atoms with Crippen LogP contribution in [0.3, 0.4) is 0 Å². The number of aromatic nitrogens is 3. The standard InChI is InChI=1S/C13H14BrN3O2/c14-6-5-10-7-17(16-15-10)8-11-9-18-12-3-1-2-4-13(12)19-11/h1-4,7,11H,5-6,8-9H2. The van der Waals surface area contributed by atoms with Crippen LogP contribution in [0, 0.1) is 0 Å². The molecule has 0 radical (unpaired) electrons. The highest BCUT2D eigenvalue weighted by atomic mass is 79.9. The van der Waals surface area contributed by atoms with Gasteiger partial charge in [0.15, 0.2) is 17.6 Å². The first kappa shape index (κ1) is 12.5. The summed E-state index contributed by atoms with van der Waals surface area (Å²) in [6.07, 6.45) is 2.80. The second-order valence-electron chi connectivity index (χ2n) is 4.37. The summed E-state index contributed by atoms with van der Waals surface area (Å²) in [5.41, 5.74) is 0.981. The number of aryl methyl sites for hydroxylation is 1. The molecule has 0 saturated heterocycles. The lowest BCUT2D eigenvalue weighted by Gasteiger charge is -2.26. The molecule has 0 amide bonds. The maximum Gasteiger partial charge on any atom is 0.161 e. The minimum absolute atomic E-state index is 0.0339. The van der Waals surface area contributed by atoms with E-state index in [-0.39, 0.29) is 6.10 Å². The third-order valence-corrected chi connectivity index (χ3v) is 3.29. The zero-order chi connectivity index (χ0) is 13.1. The summed E-state index contributed by atoms with van der Waals surface area (Å²) in [5.74, 6) is 1.59. The lowest BCUT2D eigenvalue weighted by atomic mass is 10.2. The third kappa shape index (κ3) is 2.89. The molecule has 1 aliphatic heterocycles. The number of ether oxygens (including phenoxy) is 2. The van der Waals surface area contributed by atoms with Crippen molar-refractivity contribution in [1.29, 1.82) is 0 Å². The molecule has 2 aromatic rings. The fourth-order valence-corrected chi connectivity index (χ4v) is 2.41. The maximum atomic E-state index is 5.88. The number of halogens is 1. The molecule has 1 atom stereocenters. The second-order valence-corrected chi connectivity index (χ2v) is 5.16. The van der Waals surface area contributed by atoms with Crippen molar-refractivity contribution in [1.82, 2.24) is 15.0 Å². The number of para-hydroxylation sites is 2. The number of alkyl halides is 1. The molecule has 5 nitrogen and oxygen atoms in total. The average Bonchev–Trinajstić information content (AvgIpc) is 2.86. The molecule has 0 aliphatic carbocycles. The molecule has 0 N–H and O–H groups in total. The van der Waals surface area contributed by atoms with Crippen molar-refractivity contribution in [2.24, 2.45) is 0 Å². The van der Waals surface area contributed by atoms with Gasteiger partial charge in [-0.05, 0) is 12.1 Å². The van der Waals surface area contributed by atoms with Crippen LogP contribution in [0.1, 0.15) is 5.69 Å². The first-order valence-electron chi connectivity index (χ1n) is 6.18. The van der Waals surface area contributed by atoms with Gasteiger partial charge in [-0.2, -0.15) is 0 Å². The Balaban J connectivity index is 1.65. The van der Waals surface area contributed by atoms with Crippen molar-refractivity contribution in [2.75, 3.05) is 11.9 Å². The Morgan fingerprint density at radius 3 is 3.00 bits per heavy atom. The van der Waals surface area contributed by atoms with Gasteiger partial charge in [0.2, 0.25) is 0 Å². The zero-order valence-electron chi connectivity index (χ0n) is 10.3. The summed E-state index contributed by atoms with van der Waals surface area (Å²) in [4.78, 5) is 0. The molecule has 19 heavy (non-hydrogen) atoms. The van der Waals surface area contributed by atoms with Crippen LogP contribution in [0.5, 0.6) is 11.5 Å². The van der Waals surface area contributed by atoms with E-state index in [1.165, 1.54) is 0 Å². The third-order valence-electron chi connectivity index (χ3n) is 2.89. The molecule has 100 valence electrons. The first-order valence-corrected chi connectivity index (χ1v) is 7.31. The van der Waals surface area contributed by atoms with Gasteiger partial charge in [0.1, 0.15) is 6.61 Å². The van der Waals surface area contributed by atoms with Crippen molar-refractivity contribution >= 4 is 15.9 Å². The molecule has 0 saturated carbocycles. The van der Waals surface area contributed by atoms with Gasteiger partial charge < -0.3 is 9.47 Å². The van der Waals surface area contributed by atoms with Crippen LogP contribution >= 0.6 is 15.9 Å². The Hall–Kier alpha value is -1.56. The smallest absolute Gasteiger partial charge is 0.161 e. The summed E-state index contributed by atoms with van der Waals surface area (Å²) in [5, 5.41) is 9.09. The molecular weight excluding hydrogens is 310 g/mol. The van der Waals surface area contributed by atoms with Gasteiger partial charge in [-0.15, -0.1) is 5.10 Å². The molecule has 1 aromatic carbocycles. The molecular formula is C13H14BrN3O2. The highest BCUT2D eigenvalue weighted by Gasteiger charge is 2.21. The number of rotatable bonds is 4. The second kappa shape index (κ2) is 5.61. The normalized spacial score (nSPS) is 17.4. The molecule has 3 rings (SSSR count). The molecule has 0 fully saturated rings. The molecule has 2 heterocycles. The van der Waals surface area contributed by atoms with Crippen LogP contribution in [0.4, 0.5) is 0 Å². The average molecular weight is 324 g/mol. The van der Waals surface area contributed by atoms with Crippen LogP contribution < -0.4 is 9.47 Å². The van der Waals surface area contributed by atoms with Crippen molar-refractivity contribution < 1.29 is 9.47 Å². The van der Waals surface area contributed by atoms with E-state index in [1.54, 1.807) is 4.68 Å². The lowest BCUT2D eigenvalue weighted by molar-refractivity contribution is 0.0755. The fraction of sp³-hybridized carbons (Fsp3) is 0.385. The van der Waals surface area contributed by atoms with E-state index in [2.05, 4.69) is 26.2 Å². The number of fused-ring (bicyclic) bond motifs is 1. The molecule has 1 unspecified atom stereocenters. The van der Waals surface area contributed by atoms with Crippen LogP contribution in [0.25, 0.3) is 0 Å². The minimum Gasteiger partial charge on any atom is -0.486 e. The fourth-order valence-electron chi connectivity index (χ4n) is 2.00. The minimum atomic E-state index is -0.0339. The van der Waals surface area contributed by atoms with E-state index < -0.39 is 0 Å². The SMILES string of the molecule is BrCCc1cn(CC2COc3ccccc3O2)nn1. The van der Waals surface area contributed by atoms with Crippen LogP contribution in [-0.4, -0.2) is 33.0 Å². The van der Waals surface area contributed by atoms with Crippen molar-refractivity contribution in [3.63, 3.8) is 0 Å². The highest BCUT2D eigenvalue weighted by molar-refractivity contribution is 9.09. The van der Waals surface area contributed by atoms with Crippen LogP contribution in [0.2, 0.25) is 0 Å². The van der Waals surface area contributed by atoms with Crippen molar-refractivity contribution in [3.8, 4) is 11.5 Å². The Morgan fingerprint density at radius 1 is 1.32 bits per heavy atom. The predicted molar refractivity (Wildman–Crippen MR) is 73.9 cm³/mol. The van der Waals surface area contributed by atoms with E-state index in [0.29, 0.717) is 13.2 Å². The summed E-state index contributed by atoms with van der Waals surface area (Å²) in [6.45, 7) is 1.17. The van der Waals surface area contributed by atoms with Gasteiger partial charge in [-0.3, -0.25) is 0 Å². The summed E-state index contributed by atoms with van der Waals surface area (Å²) in [6, 6.07) is 7.70. The molecule has 6 heteroatoms. The Kier molecular flexibility index (Phi) is 3.68. The van der Waals surface area contributed by atoms with E-state index in [9.17, 15) is 0 Å². The highest BCUT2D eigenvalue weighted by Crippen LogP contribution is 2.31. The summed E-state index contributed by atoms with van der Waals surface area (Å²) >= 11 is 3.39. The largest absolute Gasteiger partial charge is 0.486 e. The van der Waals surface area contributed by atoms with Gasteiger partial charge in [0.25, 0.3) is 0 Å². The van der Waals surface area contributed by atoms with E-state index in [1.807, 2.05) is 30.5 Å². The summed E-state index contributed by atoms with van der Waals surface area (Å²) in [7, 11) is 0. The monoisotopic (exact) mass is 323 g/mol. The van der Waals surface area contributed by atoms with Crippen molar-refractivity contribution in [3.05, 3.63) is 36.2 Å². The molecule has 0 spiro atoms. The van der Waals surface area contributed by atoms with E-state index in [0.717, 1.165) is 28.9 Å². The maximum absolute atomic E-state index is 5.88. The number of benzene rings is 1. The quantitative estimate of drug-likeness (QED) is 0.808. The predicted octanol–water partition coefficient (Wildman–Crippen LogP) is 2.06. The summed E-state index contributed by atoms with van der Waals surface area (Å²) < 4.78 is 13.4. The zero-order valence-corrected chi connectivity index (χ0v) is 11.9. The van der Waals surface area contributed by atoms with E-state index in [4.69, 9.17) is 9.47 Å². The Labute approximate surface area is 119 Å². The molecule has 1 aliphatic rings. The van der Waals surface area contributed by atoms with Gasteiger partial charge in [-0.1, -0.05) is 33.3 Å². The first-order chi connectivity index (χ1) is 9.35. The molecule has 1 aromatic heterocycles. The van der Waals surface area contributed by atoms with Gasteiger partial charge >= 0.3 is 0 Å². The molecule has 0 bridgehead atoms.